The SMILES string of the molecule is Cc1[c]cccc1NC(=O)c1cccc(NC(=N)N)c1. The van der Waals surface area contributed by atoms with Gasteiger partial charge in [-0.1, -0.05) is 18.2 Å². The molecule has 5 heteroatoms. The first kappa shape index (κ1) is 13.6. The Bertz CT molecular complexity index is 652. The zero-order valence-electron chi connectivity index (χ0n) is 11.0. The maximum Gasteiger partial charge on any atom is 0.255 e. The third kappa shape index (κ3) is 3.35. The monoisotopic (exact) mass is 267 g/mol. The summed E-state index contributed by atoms with van der Waals surface area (Å²) in [5.41, 5.74) is 7.94. The van der Waals surface area contributed by atoms with Crippen LogP contribution in [0.15, 0.2) is 42.5 Å². The molecule has 0 aliphatic carbocycles. The van der Waals surface area contributed by atoms with E-state index in [0.29, 0.717) is 11.3 Å². The molecule has 0 aliphatic rings. The van der Waals surface area contributed by atoms with E-state index in [1.54, 1.807) is 30.3 Å². The Kier molecular flexibility index (Phi) is 4.00. The highest BCUT2D eigenvalue weighted by Crippen LogP contribution is 2.16. The molecule has 0 aromatic heterocycles. The molecule has 2 aromatic rings. The van der Waals surface area contributed by atoms with E-state index in [1.807, 2.05) is 19.1 Å². The van der Waals surface area contributed by atoms with Gasteiger partial charge in [0, 0.05) is 16.9 Å². The van der Waals surface area contributed by atoms with Crippen molar-refractivity contribution in [3.8, 4) is 0 Å². The maximum absolute atomic E-state index is 12.2. The molecule has 0 atom stereocenters. The molecule has 20 heavy (non-hydrogen) atoms. The maximum atomic E-state index is 12.2. The Morgan fingerprint density at radius 1 is 1.25 bits per heavy atom. The van der Waals surface area contributed by atoms with E-state index in [1.165, 1.54) is 0 Å². The van der Waals surface area contributed by atoms with Gasteiger partial charge in [0.05, 0.1) is 0 Å². The number of nitrogens with two attached hydrogens (primary N) is 1. The van der Waals surface area contributed by atoms with Crippen molar-refractivity contribution in [2.45, 2.75) is 6.92 Å². The van der Waals surface area contributed by atoms with Crippen LogP contribution >= 0.6 is 0 Å². The van der Waals surface area contributed by atoms with Crippen LogP contribution in [0.25, 0.3) is 0 Å². The largest absolute Gasteiger partial charge is 0.370 e. The van der Waals surface area contributed by atoms with Crippen molar-refractivity contribution in [3.63, 3.8) is 0 Å². The molecule has 0 fully saturated rings. The molecule has 5 N–H and O–H groups in total. The molecule has 1 radical (unpaired) electrons. The molecule has 101 valence electrons. The molecular formula is C15H15N4O. The second-order valence-electron chi connectivity index (χ2n) is 4.28. The van der Waals surface area contributed by atoms with Crippen molar-refractivity contribution in [1.82, 2.24) is 0 Å². The number of carbonyl (C=O) groups is 1. The highest BCUT2D eigenvalue weighted by atomic mass is 16.1. The zero-order chi connectivity index (χ0) is 14.5. The van der Waals surface area contributed by atoms with Gasteiger partial charge in [-0.05, 0) is 42.8 Å². The lowest BCUT2D eigenvalue weighted by Crippen LogP contribution is -2.21. The first-order valence-corrected chi connectivity index (χ1v) is 6.06. The normalized spacial score (nSPS) is 9.85. The Morgan fingerprint density at radius 3 is 2.75 bits per heavy atom. The lowest BCUT2D eigenvalue weighted by atomic mass is 10.1. The Labute approximate surface area is 117 Å². The second-order valence-corrected chi connectivity index (χ2v) is 4.28. The number of amides is 1. The summed E-state index contributed by atoms with van der Waals surface area (Å²) in [5.74, 6) is -0.393. The minimum Gasteiger partial charge on any atom is -0.370 e. The smallest absolute Gasteiger partial charge is 0.255 e. The predicted molar refractivity (Wildman–Crippen MR) is 79.9 cm³/mol. The van der Waals surface area contributed by atoms with Gasteiger partial charge in [-0.2, -0.15) is 0 Å². The molecule has 5 nitrogen and oxygen atoms in total. The topological polar surface area (TPSA) is 91.0 Å². The number of aryl methyl sites for hydroxylation is 1. The van der Waals surface area contributed by atoms with Crippen molar-refractivity contribution in [1.29, 1.82) is 5.41 Å². The fraction of sp³-hybridized carbons (Fsp3) is 0.0667. The first-order chi connectivity index (χ1) is 9.56. The number of guanidine groups is 1. The van der Waals surface area contributed by atoms with Crippen LogP contribution < -0.4 is 16.4 Å². The zero-order valence-corrected chi connectivity index (χ0v) is 11.0. The highest BCUT2D eigenvalue weighted by molar-refractivity contribution is 6.05. The van der Waals surface area contributed by atoms with Crippen molar-refractivity contribution in [3.05, 3.63) is 59.7 Å². The van der Waals surface area contributed by atoms with Crippen LogP contribution in [0, 0.1) is 18.4 Å². The number of benzene rings is 2. The second kappa shape index (κ2) is 5.88. The van der Waals surface area contributed by atoms with E-state index >= 15 is 0 Å². The molecule has 1 amide bonds. The third-order valence-corrected chi connectivity index (χ3v) is 2.71. The van der Waals surface area contributed by atoms with Gasteiger partial charge in [0.15, 0.2) is 5.96 Å². The number of anilines is 2. The molecular weight excluding hydrogens is 252 g/mol. The molecule has 0 heterocycles. The van der Waals surface area contributed by atoms with E-state index in [-0.39, 0.29) is 11.9 Å². The van der Waals surface area contributed by atoms with Crippen LogP contribution in [0.5, 0.6) is 0 Å². The van der Waals surface area contributed by atoms with Gasteiger partial charge in [0.1, 0.15) is 0 Å². The van der Waals surface area contributed by atoms with Crippen molar-refractivity contribution in [2.24, 2.45) is 5.73 Å². The fourth-order valence-corrected chi connectivity index (χ4v) is 1.74. The van der Waals surface area contributed by atoms with Crippen molar-refractivity contribution >= 4 is 23.2 Å². The molecule has 2 rings (SSSR count). The van der Waals surface area contributed by atoms with E-state index in [0.717, 1.165) is 11.3 Å². The Hall–Kier alpha value is -2.82. The van der Waals surface area contributed by atoms with E-state index in [9.17, 15) is 4.79 Å². The number of hydrogen-bond donors (Lipinski definition) is 4. The third-order valence-electron chi connectivity index (χ3n) is 2.71. The Balaban J connectivity index is 2.17. The van der Waals surface area contributed by atoms with Crippen LogP contribution in [-0.2, 0) is 0 Å². The quantitative estimate of drug-likeness (QED) is 0.508. The van der Waals surface area contributed by atoms with Crippen LogP contribution in [0.2, 0.25) is 0 Å². The molecule has 0 aliphatic heterocycles. The predicted octanol–water partition coefficient (Wildman–Crippen LogP) is 2.35. The summed E-state index contributed by atoms with van der Waals surface area (Å²) in [4.78, 5) is 12.2. The summed E-state index contributed by atoms with van der Waals surface area (Å²) < 4.78 is 0. The minimum atomic E-state index is -0.222. The van der Waals surface area contributed by atoms with E-state index in [2.05, 4.69) is 16.7 Å². The van der Waals surface area contributed by atoms with Gasteiger partial charge < -0.3 is 16.4 Å². The van der Waals surface area contributed by atoms with E-state index < -0.39 is 0 Å². The number of carbonyl (C=O) groups excluding carboxylic acids is 1. The summed E-state index contributed by atoms with van der Waals surface area (Å²) in [5, 5.41) is 12.7. The van der Waals surface area contributed by atoms with Crippen LogP contribution in [0.4, 0.5) is 11.4 Å². The summed E-state index contributed by atoms with van der Waals surface area (Å²) in [6.45, 7) is 1.88. The van der Waals surface area contributed by atoms with E-state index in [4.69, 9.17) is 11.1 Å². The number of nitrogens with one attached hydrogen (secondary N) is 3. The molecule has 0 saturated heterocycles. The fourth-order valence-electron chi connectivity index (χ4n) is 1.74. The van der Waals surface area contributed by atoms with Gasteiger partial charge in [-0.25, -0.2) is 0 Å². The lowest BCUT2D eigenvalue weighted by Gasteiger charge is -2.09. The Morgan fingerprint density at radius 2 is 2.05 bits per heavy atom. The lowest BCUT2D eigenvalue weighted by molar-refractivity contribution is 0.102. The molecule has 0 saturated carbocycles. The minimum absolute atomic E-state index is 0.170. The molecule has 2 aromatic carbocycles. The number of rotatable bonds is 3. The van der Waals surface area contributed by atoms with Gasteiger partial charge in [-0.15, -0.1) is 0 Å². The van der Waals surface area contributed by atoms with Crippen LogP contribution in [-0.4, -0.2) is 11.9 Å². The summed E-state index contributed by atoms with van der Waals surface area (Å²) in [6.07, 6.45) is 0. The van der Waals surface area contributed by atoms with Crippen LogP contribution in [0.3, 0.4) is 0 Å². The molecule has 0 bridgehead atoms. The average Bonchev–Trinajstić information content (AvgIpc) is 2.41. The van der Waals surface area contributed by atoms with Gasteiger partial charge in [-0.3, -0.25) is 10.2 Å². The summed E-state index contributed by atoms with van der Waals surface area (Å²) in [6, 6.07) is 15.3. The standard InChI is InChI=1S/C15H15N4O/c1-10-5-2-3-8-13(10)19-14(20)11-6-4-7-12(9-11)18-15(16)17/h2-4,6-9H,1H3,(H,19,20)(H4,16,17,18). The van der Waals surface area contributed by atoms with Gasteiger partial charge in [0.2, 0.25) is 0 Å². The van der Waals surface area contributed by atoms with Crippen LogP contribution in [0.1, 0.15) is 15.9 Å². The van der Waals surface area contributed by atoms with Gasteiger partial charge >= 0.3 is 0 Å². The van der Waals surface area contributed by atoms with Crippen molar-refractivity contribution in [2.75, 3.05) is 10.6 Å². The molecule has 0 spiro atoms. The summed E-state index contributed by atoms with van der Waals surface area (Å²) in [7, 11) is 0. The molecule has 0 unspecified atom stereocenters. The average molecular weight is 267 g/mol. The van der Waals surface area contributed by atoms with Gasteiger partial charge in [0.25, 0.3) is 5.91 Å². The number of hydrogen-bond acceptors (Lipinski definition) is 2. The first-order valence-electron chi connectivity index (χ1n) is 6.06. The highest BCUT2D eigenvalue weighted by Gasteiger charge is 2.08. The summed E-state index contributed by atoms with van der Waals surface area (Å²) >= 11 is 0. The van der Waals surface area contributed by atoms with Crippen molar-refractivity contribution < 1.29 is 4.79 Å².